The summed E-state index contributed by atoms with van der Waals surface area (Å²) in [7, 11) is 0. The van der Waals surface area contributed by atoms with Gasteiger partial charge in [-0.25, -0.2) is 0 Å². The van der Waals surface area contributed by atoms with Gasteiger partial charge in [0.05, 0.1) is 31.4 Å². The number of ether oxygens (including phenoxy) is 1. The molecule has 1 saturated carbocycles. The number of rotatable bonds is 5. The van der Waals surface area contributed by atoms with Gasteiger partial charge in [0.1, 0.15) is 5.54 Å². The predicted molar refractivity (Wildman–Crippen MR) is 92.6 cm³/mol. The van der Waals surface area contributed by atoms with E-state index in [1.165, 1.54) is 0 Å². The third-order valence-corrected chi connectivity index (χ3v) is 5.33. The average molecular weight is 345 g/mol. The van der Waals surface area contributed by atoms with E-state index in [9.17, 15) is 10.1 Å². The molecule has 3 rings (SSSR count). The topological polar surface area (TPSA) is 83.2 Å². The number of nitrogens with zero attached hydrogens (tertiary/aromatic N) is 4. The van der Waals surface area contributed by atoms with Gasteiger partial charge in [-0.3, -0.25) is 14.4 Å². The van der Waals surface area contributed by atoms with Crippen LogP contribution in [0, 0.1) is 11.3 Å². The highest BCUT2D eigenvalue weighted by Crippen LogP contribution is 2.27. The smallest absolute Gasteiger partial charge is 0.238 e. The summed E-state index contributed by atoms with van der Waals surface area (Å²) in [5.41, 5.74) is -0.676. The van der Waals surface area contributed by atoms with Gasteiger partial charge in [-0.05, 0) is 25.8 Å². The number of morpholine rings is 1. The molecular weight excluding hydrogens is 318 g/mol. The van der Waals surface area contributed by atoms with E-state index < -0.39 is 5.54 Å². The zero-order valence-electron chi connectivity index (χ0n) is 14.9. The highest BCUT2D eigenvalue weighted by Gasteiger charge is 2.36. The van der Waals surface area contributed by atoms with Crippen LogP contribution in [0.2, 0.25) is 0 Å². The lowest BCUT2D eigenvalue weighted by atomic mass is 9.82. The van der Waals surface area contributed by atoms with Gasteiger partial charge < -0.3 is 10.1 Å². The number of hydrogen-bond donors (Lipinski definition) is 1. The molecule has 0 aromatic carbocycles. The van der Waals surface area contributed by atoms with Crippen molar-refractivity contribution in [3.05, 3.63) is 18.5 Å². The number of nitrogens with one attached hydrogen (secondary N) is 1. The second-order valence-electron chi connectivity index (χ2n) is 7.14. The van der Waals surface area contributed by atoms with Crippen molar-refractivity contribution in [3.8, 4) is 6.07 Å². The molecule has 0 spiro atoms. The van der Waals surface area contributed by atoms with Crippen molar-refractivity contribution >= 4 is 5.91 Å². The maximum atomic E-state index is 12.7. The summed E-state index contributed by atoms with van der Waals surface area (Å²) < 4.78 is 7.67. The lowest BCUT2D eigenvalue weighted by Crippen LogP contribution is -2.57. The van der Waals surface area contributed by atoms with Crippen molar-refractivity contribution in [2.45, 2.75) is 63.3 Å². The third kappa shape index (κ3) is 4.39. The Labute approximate surface area is 148 Å². The van der Waals surface area contributed by atoms with Gasteiger partial charge in [0.2, 0.25) is 5.91 Å². The van der Waals surface area contributed by atoms with Crippen LogP contribution in [0.1, 0.15) is 39.0 Å². The molecule has 1 aliphatic carbocycles. The van der Waals surface area contributed by atoms with E-state index in [0.29, 0.717) is 19.7 Å². The maximum Gasteiger partial charge on any atom is 0.238 e. The van der Waals surface area contributed by atoms with E-state index in [0.717, 1.165) is 38.6 Å². The fourth-order valence-electron chi connectivity index (χ4n) is 3.75. The lowest BCUT2D eigenvalue weighted by molar-refractivity contribution is -0.131. The van der Waals surface area contributed by atoms with Gasteiger partial charge in [-0.2, -0.15) is 10.4 Å². The average Bonchev–Trinajstić information content (AvgIpc) is 3.15. The Morgan fingerprint density at radius 1 is 1.48 bits per heavy atom. The minimum absolute atomic E-state index is 0.0171. The van der Waals surface area contributed by atoms with E-state index in [1.807, 2.05) is 23.9 Å². The van der Waals surface area contributed by atoms with Crippen molar-refractivity contribution in [3.63, 3.8) is 0 Å². The first-order chi connectivity index (χ1) is 12.1. The highest BCUT2D eigenvalue weighted by molar-refractivity contribution is 5.82. The van der Waals surface area contributed by atoms with Crippen LogP contribution in [-0.4, -0.2) is 58.0 Å². The van der Waals surface area contributed by atoms with Crippen LogP contribution in [0.25, 0.3) is 0 Å². The lowest BCUT2D eigenvalue weighted by Gasteiger charge is -2.38. The van der Waals surface area contributed by atoms with Crippen LogP contribution >= 0.6 is 0 Å². The second-order valence-corrected chi connectivity index (χ2v) is 7.14. The number of hydrogen-bond acceptors (Lipinski definition) is 5. The number of amides is 1. The molecule has 0 bridgehead atoms. The number of aromatic nitrogens is 2. The summed E-state index contributed by atoms with van der Waals surface area (Å²) in [6.45, 7) is 4.62. The Morgan fingerprint density at radius 3 is 2.96 bits per heavy atom. The molecule has 25 heavy (non-hydrogen) atoms. The Morgan fingerprint density at radius 2 is 2.28 bits per heavy atom. The normalized spacial score (nSPS) is 25.0. The van der Waals surface area contributed by atoms with E-state index in [2.05, 4.69) is 21.4 Å². The van der Waals surface area contributed by atoms with E-state index >= 15 is 0 Å². The Bertz CT molecular complexity index is 603. The molecule has 1 aromatic heterocycles. The molecule has 2 heterocycles. The second kappa shape index (κ2) is 7.98. The van der Waals surface area contributed by atoms with Gasteiger partial charge in [0, 0.05) is 25.5 Å². The Balaban J connectivity index is 1.56. The van der Waals surface area contributed by atoms with Crippen molar-refractivity contribution < 1.29 is 9.53 Å². The van der Waals surface area contributed by atoms with Crippen LogP contribution in [0.15, 0.2) is 18.5 Å². The van der Waals surface area contributed by atoms with E-state index in [4.69, 9.17) is 4.74 Å². The van der Waals surface area contributed by atoms with Gasteiger partial charge in [-0.1, -0.05) is 19.3 Å². The zero-order chi connectivity index (χ0) is 17.7. The monoisotopic (exact) mass is 345 g/mol. The molecule has 2 atom stereocenters. The molecule has 2 fully saturated rings. The van der Waals surface area contributed by atoms with Crippen molar-refractivity contribution in [1.82, 2.24) is 20.0 Å². The largest absolute Gasteiger partial charge is 0.374 e. The third-order valence-electron chi connectivity index (χ3n) is 5.33. The molecule has 7 heteroatoms. The minimum atomic E-state index is -0.676. The number of nitriles is 1. The quantitative estimate of drug-likeness (QED) is 0.870. The zero-order valence-corrected chi connectivity index (χ0v) is 14.9. The van der Waals surface area contributed by atoms with Crippen LogP contribution in [0.5, 0.6) is 0 Å². The van der Waals surface area contributed by atoms with Crippen LogP contribution in [0.4, 0.5) is 0 Å². The molecule has 2 aliphatic rings. The molecular formula is C18H27N5O2. The number of carbonyl (C=O) groups excluding carboxylic acids is 1. The highest BCUT2D eigenvalue weighted by atomic mass is 16.5. The van der Waals surface area contributed by atoms with E-state index in [-0.39, 0.29) is 18.1 Å². The van der Waals surface area contributed by atoms with Crippen molar-refractivity contribution in [2.24, 2.45) is 0 Å². The summed E-state index contributed by atoms with van der Waals surface area (Å²) in [5, 5.41) is 16.8. The fourth-order valence-corrected chi connectivity index (χ4v) is 3.75. The Kier molecular flexibility index (Phi) is 5.71. The van der Waals surface area contributed by atoms with Crippen LogP contribution in [0.3, 0.4) is 0 Å². The molecule has 136 valence electrons. The standard InChI is InChI=1S/C18H27N5O2/c1-15(17(24)21-18(14-19)6-3-2-4-7-18)22-10-11-25-16(12-22)13-23-9-5-8-20-23/h5,8-9,15-16H,2-4,6-7,10-13H2,1H3,(H,21,24)/t15-,16+/m0/s1. The first-order valence-corrected chi connectivity index (χ1v) is 9.18. The Hall–Kier alpha value is -1.91. The fraction of sp³-hybridized carbons (Fsp3) is 0.722. The molecule has 1 saturated heterocycles. The maximum absolute atomic E-state index is 12.7. The first-order valence-electron chi connectivity index (χ1n) is 9.18. The van der Waals surface area contributed by atoms with Gasteiger partial charge in [0.25, 0.3) is 0 Å². The molecule has 7 nitrogen and oxygen atoms in total. The summed E-state index contributed by atoms with van der Waals surface area (Å²) in [6.07, 6.45) is 8.36. The predicted octanol–water partition coefficient (Wildman–Crippen LogP) is 1.32. The summed E-state index contributed by atoms with van der Waals surface area (Å²) in [5.74, 6) is -0.0526. The summed E-state index contributed by atoms with van der Waals surface area (Å²) in [6, 6.07) is 3.98. The SMILES string of the molecule is C[C@@H](C(=O)NC1(C#N)CCCCC1)N1CCO[C@@H](Cn2cccn2)C1. The molecule has 1 amide bonds. The van der Waals surface area contributed by atoms with Crippen molar-refractivity contribution in [2.75, 3.05) is 19.7 Å². The molecule has 0 unspecified atom stereocenters. The van der Waals surface area contributed by atoms with Crippen molar-refractivity contribution in [1.29, 1.82) is 5.26 Å². The van der Waals surface area contributed by atoms with E-state index in [1.54, 1.807) is 6.20 Å². The summed E-state index contributed by atoms with van der Waals surface area (Å²) in [4.78, 5) is 14.9. The van der Waals surface area contributed by atoms with Crippen LogP contribution in [-0.2, 0) is 16.1 Å². The van der Waals surface area contributed by atoms with Crippen LogP contribution < -0.4 is 5.32 Å². The molecule has 1 aliphatic heterocycles. The number of carbonyl (C=O) groups is 1. The van der Waals surface area contributed by atoms with Gasteiger partial charge in [0.15, 0.2) is 0 Å². The minimum Gasteiger partial charge on any atom is -0.374 e. The molecule has 0 radical (unpaired) electrons. The van der Waals surface area contributed by atoms with Gasteiger partial charge in [-0.15, -0.1) is 0 Å². The summed E-state index contributed by atoms with van der Waals surface area (Å²) >= 11 is 0. The molecule has 1 aromatic rings. The van der Waals surface area contributed by atoms with Gasteiger partial charge >= 0.3 is 0 Å². The molecule has 1 N–H and O–H groups in total. The first kappa shape index (κ1) is 17.9.